The van der Waals surface area contributed by atoms with Gasteiger partial charge in [0.05, 0.1) is 19.3 Å². The minimum absolute atomic E-state index is 0.0465. The molecule has 0 atom stereocenters. The van der Waals surface area contributed by atoms with Crippen LogP contribution in [0.3, 0.4) is 0 Å². The lowest BCUT2D eigenvalue weighted by atomic mass is 10.1. The molecular weight excluding hydrogens is 278 g/mol. The lowest BCUT2D eigenvalue weighted by Gasteiger charge is -2.39. The number of carbonyl (C=O) groups is 1. The molecule has 1 aromatic carbocycles. The summed E-state index contributed by atoms with van der Waals surface area (Å²) < 4.78 is 5.76. The molecule has 0 bridgehead atoms. The Hall–Kier alpha value is -2.56. The first kappa shape index (κ1) is 14.4. The molecule has 5 heteroatoms. The number of pyridine rings is 1. The van der Waals surface area contributed by atoms with Crippen LogP contribution in [0.4, 0.5) is 5.69 Å². The monoisotopic (exact) mass is 297 g/mol. The first-order valence-corrected chi connectivity index (χ1v) is 7.27. The summed E-state index contributed by atoms with van der Waals surface area (Å²) in [6.45, 7) is 1.22. The number of benzene rings is 1. The van der Waals surface area contributed by atoms with Crippen LogP contribution in [0.5, 0.6) is 5.75 Å². The first-order valence-electron chi connectivity index (χ1n) is 7.27. The molecule has 5 nitrogen and oxygen atoms in total. The normalized spacial score (nSPS) is 14.4. The van der Waals surface area contributed by atoms with Crippen LogP contribution in [0.1, 0.15) is 10.4 Å². The first-order chi connectivity index (χ1) is 10.6. The zero-order valence-corrected chi connectivity index (χ0v) is 12.8. The van der Waals surface area contributed by atoms with Crippen LogP contribution < -0.4 is 9.64 Å². The molecule has 22 heavy (non-hydrogen) atoms. The van der Waals surface area contributed by atoms with Gasteiger partial charge in [0.25, 0.3) is 5.91 Å². The number of aromatic nitrogens is 1. The molecule has 1 saturated heterocycles. The average Bonchev–Trinajstić information content (AvgIpc) is 2.51. The van der Waals surface area contributed by atoms with E-state index in [-0.39, 0.29) is 12.0 Å². The Morgan fingerprint density at radius 3 is 2.77 bits per heavy atom. The maximum Gasteiger partial charge on any atom is 0.254 e. The van der Waals surface area contributed by atoms with Gasteiger partial charge >= 0.3 is 0 Å². The Bertz CT molecular complexity index is 652. The highest BCUT2D eigenvalue weighted by Crippen LogP contribution is 2.21. The summed E-state index contributed by atoms with van der Waals surface area (Å²) in [6, 6.07) is 11.4. The quantitative estimate of drug-likeness (QED) is 0.866. The van der Waals surface area contributed by atoms with Crippen molar-refractivity contribution in [2.45, 2.75) is 6.10 Å². The number of rotatable bonds is 4. The van der Waals surface area contributed by atoms with E-state index in [4.69, 9.17) is 4.74 Å². The summed E-state index contributed by atoms with van der Waals surface area (Å²) in [7, 11) is 3.93. The van der Waals surface area contributed by atoms with Crippen molar-refractivity contribution in [1.82, 2.24) is 9.88 Å². The molecule has 1 aliphatic heterocycles. The average molecular weight is 297 g/mol. The van der Waals surface area contributed by atoms with Crippen molar-refractivity contribution in [2.24, 2.45) is 0 Å². The Morgan fingerprint density at radius 2 is 2.09 bits per heavy atom. The minimum Gasteiger partial charge on any atom is -0.485 e. The third-order valence-electron chi connectivity index (χ3n) is 3.68. The van der Waals surface area contributed by atoms with Gasteiger partial charge in [0, 0.05) is 31.5 Å². The van der Waals surface area contributed by atoms with Gasteiger partial charge in [-0.15, -0.1) is 0 Å². The molecule has 0 radical (unpaired) electrons. The standard InChI is InChI=1S/C17H19N3O2/c1-19(2)14-6-3-5-13(9-14)17(21)20-11-16(12-20)22-15-7-4-8-18-10-15/h3-10,16H,11-12H2,1-2H3. The molecule has 1 fully saturated rings. The maximum absolute atomic E-state index is 12.4. The molecule has 0 N–H and O–H groups in total. The second-order valence-corrected chi connectivity index (χ2v) is 5.58. The van der Waals surface area contributed by atoms with Crippen molar-refractivity contribution in [3.63, 3.8) is 0 Å². The van der Waals surface area contributed by atoms with E-state index in [1.165, 1.54) is 0 Å². The highest BCUT2D eigenvalue weighted by Gasteiger charge is 2.32. The van der Waals surface area contributed by atoms with Crippen molar-refractivity contribution < 1.29 is 9.53 Å². The fourth-order valence-corrected chi connectivity index (χ4v) is 2.39. The Kier molecular flexibility index (Phi) is 3.96. The van der Waals surface area contributed by atoms with Crippen LogP contribution in [-0.4, -0.2) is 49.1 Å². The summed E-state index contributed by atoms with van der Waals surface area (Å²) in [5, 5.41) is 0. The number of hydrogen-bond acceptors (Lipinski definition) is 4. The largest absolute Gasteiger partial charge is 0.485 e. The minimum atomic E-state index is 0.0465. The fourth-order valence-electron chi connectivity index (χ4n) is 2.39. The van der Waals surface area contributed by atoms with Crippen LogP contribution >= 0.6 is 0 Å². The van der Waals surface area contributed by atoms with Gasteiger partial charge in [-0.05, 0) is 30.3 Å². The van der Waals surface area contributed by atoms with Gasteiger partial charge in [-0.2, -0.15) is 0 Å². The molecule has 0 unspecified atom stereocenters. The maximum atomic E-state index is 12.4. The van der Waals surface area contributed by atoms with Gasteiger partial charge in [0.2, 0.25) is 0 Å². The van der Waals surface area contributed by atoms with Crippen LogP contribution in [0.15, 0.2) is 48.8 Å². The Labute approximate surface area is 130 Å². The van der Waals surface area contributed by atoms with Crippen LogP contribution in [0.25, 0.3) is 0 Å². The van der Waals surface area contributed by atoms with E-state index >= 15 is 0 Å². The summed E-state index contributed by atoms with van der Waals surface area (Å²) >= 11 is 0. The van der Waals surface area contributed by atoms with Crippen molar-refractivity contribution in [1.29, 1.82) is 0 Å². The molecule has 114 valence electrons. The zero-order chi connectivity index (χ0) is 15.5. The van der Waals surface area contributed by atoms with E-state index in [2.05, 4.69) is 4.98 Å². The highest BCUT2D eigenvalue weighted by molar-refractivity contribution is 5.95. The molecule has 2 heterocycles. The summed E-state index contributed by atoms with van der Waals surface area (Å²) in [5.41, 5.74) is 1.74. The van der Waals surface area contributed by atoms with Gasteiger partial charge in [-0.25, -0.2) is 0 Å². The predicted molar refractivity (Wildman–Crippen MR) is 85.3 cm³/mol. The molecule has 0 aliphatic carbocycles. The number of amides is 1. The van der Waals surface area contributed by atoms with Crippen molar-refractivity contribution in [3.8, 4) is 5.75 Å². The Morgan fingerprint density at radius 1 is 1.27 bits per heavy atom. The van der Waals surface area contributed by atoms with Gasteiger partial charge in [-0.1, -0.05) is 6.07 Å². The number of carbonyl (C=O) groups excluding carboxylic acids is 1. The number of likely N-dealkylation sites (tertiary alicyclic amines) is 1. The van der Waals surface area contributed by atoms with E-state index in [1.54, 1.807) is 17.3 Å². The van der Waals surface area contributed by atoms with Crippen molar-refractivity contribution in [3.05, 3.63) is 54.4 Å². The van der Waals surface area contributed by atoms with E-state index in [1.807, 2.05) is 55.4 Å². The van der Waals surface area contributed by atoms with E-state index < -0.39 is 0 Å². The van der Waals surface area contributed by atoms with Crippen molar-refractivity contribution in [2.75, 3.05) is 32.1 Å². The van der Waals surface area contributed by atoms with E-state index in [0.29, 0.717) is 18.7 Å². The van der Waals surface area contributed by atoms with E-state index in [0.717, 1.165) is 11.4 Å². The van der Waals surface area contributed by atoms with Gasteiger partial charge in [0.1, 0.15) is 11.9 Å². The predicted octanol–water partition coefficient (Wildman–Crippen LogP) is 2.05. The Balaban J connectivity index is 1.58. The molecule has 1 aliphatic rings. The third-order valence-corrected chi connectivity index (χ3v) is 3.68. The second kappa shape index (κ2) is 6.05. The second-order valence-electron chi connectivity index (χ2n) is 5.58. The molecule has 1 aromatic heterocycles. The number of ether oxygens (including phenoxy) is 1. The number of hydrogen-bond donors (Lipinski definition) is 0. The lowest BCUT2D eigenvalue weighted by Crippen LogP contribution is -2.56. The fraction of sp³-hybridized carbons (Fsp3) is 0.294. The SMILES string of the molecule is CN(C)c1cccc(C(=O)N2CC(Oc3cccnc3)C2)c1. The molecule has 2 aromatic rings. The van der Waals surface area contributed by atoms with Gasteiger partial charge < -0.3 is 14.5 Å². The third kappa shape index (κ3) is 3.03. The number of anilines is 1. The summed E-state index contributed by atoms with van der Waals surface area (Å²) in [4.78, 5) is 20.2. The summed E-state index contributed by atoms with van der Waals surface area (Å²) in [5.74, 6) is 0.795. The van der Waals surface area contributed by atoms with Crippen molar-refractivity contribution >= 4 is 11.6 Å². The smallest absolute Gasteiger partial charge is 0.254 e. The van der Waals surface area contributed by atoms with Crippen LogP contribution in [0, 0.1) is 0 Å². The molecule has 0 spiro atoms. The van der Waals surface area contributed by atoms with Crippen LogP contribution in [-0.2, 0) is 0 Å². The van der Waals surface area contributed by atoms with Crippen LogP contribution in [0.2, 0.25) is 0 Å². The number of nitrogens with zero attached hydrogens (tertiary/aromatic N) is 3. The lowest BCUT2D eigenvalue weighted by molar-refractivity contribution is 0.0176. The molecule has 3 rings (SSSR count). The molecular formula is C17H19N3O2. The topological polar surface area (TPSA) is 45.7 Å². The summed E-state index contributed by atoms with van der Waals surface area (Å²) in [6.07, 6.45) is 3.44. The van der Waals surface area contributed by atoms with E-state index in [9.17, 15) is 4.79 Å². The molecule has 0 saturated carbocycles. The zero-order valence-electron chi connectivity index (χ0n) is 12.8. The molecule has 1 amide bonds. The van der Waals surface area contributed by atoms with Gasteiger partial charge in [-0.3, -0.25) is 9.78 Å². The van der Waals surface area contributed by atoms with Gasteiger partial charge in [0.15, 0.2) is 0 Å². The highest BCUT2D eigenvalue weighted by atomic mass is 16.5.